The van der Waals surface area contributed by atoms with Crippen LogP contribution in [0.2, 0.25) is 0 Å². The topological polar surface area (TPSA) is 29.3 Å². The van der Waals surface area contributed by atoms with Gasteiger partial charge in [0.1, 0.15) is 0 Å². The van der Waals surface area contributed by atoms with Gasteiger partial charge in [0.05, 0.1) is 0 Å². The summed E-state index contributed by atoms with van der Waals surface area (Å²) in [5.74, 6) is 1.93. The lowest BCUT2D eigenvalue weighted by Gasteiger charge is -2.37. The molecule has 0 bridgehead atoms. The summed E-state index contributed by atoms with van der Waals surface area (Å²) >= 11 is 0. The molecular formula is C12H24N2. The smallest absolute Gasteiger partial charge is 0.00103 e. The summed E-state index contributed by atoms with van der Waals surface area (Å²) in [4.78, 5) is 2.69. The van der Waals surface area contributed by atoms with Crippen molar-refractivity contribution >= 4 is 0 Å². The minimum atomic E-state index is 0.877. The molecule has 0 radical (unpaired) electrons. The van der Waals surface area contributed by atoms with Crippen LogP contribution in [0.1, 0.15) is 38.5 Å². The highest BCUT2D eigenvalue weighted by Gasteiger charge is 2.24. The van der Waals surface area contributed by atoms with E-state index in [0.29, 0.717) is 0 Å². The summed E-state index contributed by atoms with van der Waals surface area (Å²) in [5, 5.41) is 0. The summed E-state index contributed by atoms with van der Waals surface area (Å²) in [7, 11) is 0. The summed E-state index contributed by atoms with van der Waals surface area (Å²) in [5.41, 5.74) is 5.62. The molecule has 82 valence electrons. The third-order valence-electron chi connectivity index (χ3n) is 3.92. The first-order valence-electron chi connectivity index (χ1n) is 6.31. The maximum Gasteiger partial charge on any atom is 0.00103 e. The molecule has 0 spiro atoms. The number of hydrogen-bond acceptors (Lipinski definition) is 2. The highest BCUT2D eigenvalue weighted by atomic mass is 15.1. The van der Waals surface area contributed by atoms with Crippen LogP contribution in [0.15, 0.2) is 0 Å². The van der Waals surface area contributed by atoms with E-state index in [1.54, 1.807) is 0 Å². The van der Waals surface area contributed by atoms with Crippen LogP contribution in [0.4, 0.5) is 0 Å². The average molecular weight is 196 g/mol. The quantitative estimate of drug-likeness (QED) is 0.743. The standard InChI is InChI=1S/C12H24N2/c13-7-6-12-5-2-8-14(10-12)9-11-3-1-4-11/h11-12H,1-10,13H2. The molecular weight excluding hydrogens is 172 g/mol. The molecule has 1 aliphatic carbocycles. The van der Waals surface area contributed by atoms with Gasteiger partial charge in [0, 0.05) is 13.1 Å². The van der Waals surface area contributed by atoms with Crippen molar-refractivity contribution in [3.05, 3.63) is 0 Å². The second-order valence-corrected chi connectivity index (χ2v) is 5.14. The predicted molar refractivity (Wildman–Crippen MR) is 60.2 cm³/mol. The number of nitrogens with zero attached hydrogens (tertiary/aromatic N) is 1. The van der Waals surface area contributed by atoms with Crippen molar-refractivity contribution in [3.8, 4) is 0 Å². The van der Waals surface area contributed by atoms with Crippen molar-refractivity contribution in [2.45, 2.75) is 38.5 Å². The molecule has 14 heavy (non-hydrogen) atoms. The number of rotatable bonds is 4. The van der Waals surface area contributed by atoms with Gasteiger partial charge in [-0.3, -0.25) is 0 Å². The first kappa shape index (κ1) is 10.4. The molecule has 2 fully saturated rings. The number of piperidine rings is 1. The maximum atomic E-state index is 5.62. The second kappa shape index (κ2) is 5.13. The third kappa shape index (κ3) is 2.71. The van der Waals surface area contributed by atoms with Gasteiger partial charge in [-0.1, -0.05) is 6.42 Å². The third-order valence-corrected chi connectivity index (χ3v) is 3.92. The highest BCUT2D eigenvalue weighted by molar-refractivity contribution is 4.78. The van der Waals surface area contributed by atoms with E-state index in [1.807, 2.05) is 0 Å². The molecule has 1 unspecified atom stereocenters. The van der Waals surface area contributed by atoms with Crippen LogP contribution >= 0.6 is 0 Å². The highest BCUT2D eigenvalue weighted by Crippen LogP contribution is 2.29. The Balaban J connectivity index is 1.69. The molecule has 1 heterocycles. The first-order chi connectivity index (χ1) is 6.88. The fraction of sp³-hybridized carbons (Fsp3) is 1.00. The van der Waals surface area contributed by atoms with Crippen LogP contribution in [-0.4, -0.2) is 31.1 Å². The molecule has 1 atom stereocenters. The Labute approximate surface area is 87.8 Å². The number of hydrogen-bond donors (Lipinski definition) is 1. The molecule has 2 rings (SSSR count). The van der Waals surface area contributed by atoms with Gasteiger partial charge in [0.2, 0.25) is 0 Å². The van der Waals surface area contributed by atoms with E-state index in [-0.39, 0.29) is 0 Å². The van der Waals surface area contributed by atoms with Gasteiger partial charge in [-0.15, -0.1) is 0 Å². The van der Waals surface area contributed by atoms with Gasteiger partial charge < -0.3 is 10.6 Å². The van der Waals surface area contributed by atoms with Crippen LogP contribution < -0.4 is 5.73 Å². The van der Waals surface area contributed by atoms with E-state index in [9.17, 15) is 0 Å². The van der Waals surface area contributed by atoms with Crippen LogP contribution in [0.25, 0.3) is 0 Å². The van der Waals surface area contributed by atoms with Crippen molar-refractivity contribution in [3.63, 3.8) is 0 Å². The molecule has 2 N–H and O–H groups in total. The van der Waals surface area contributed by atoms with Crippen LogP contribution in [0.5, 0.6) is 0 Å². The lowest BCUT2D eigenvalue weighted by atomic mass is 9.84. The van der Waals surface area contributed by atoms with Gasteiger partial charge in [-0.25, -0.2) is 0 Å². The zero-order chi connectivity index (χ0) is 9.80. The minimum absolute atomic E-state index is 0.877. The van der Waals surface area contributed by atoms with E-state index in [4.69, 9.17) is 5.73 Å². The molecule has 0 aromatic heterocycles. The molecule has 2 nitrogen and oxygen atoms in total. The number of likely N-dealkylation sites (tertiary alicyclic amines) is 1. The Morgan fingerprint density at radius 3 is 2.50 bits per heavy atom. The first-order valence-corrected chi connectivity index (χ1v) is 6.31. The Bertz CT molecular complexity index is 164. The summed E-state index contributed by atoms with van der Waals surface area (Å²) in [6, 6.07) is 0. The van der Waals surface area contributed by atoms with Crippen molar-refractivity contribution in [2.24, 2.45) is 17.6 Å². The van der Waals surface area contributed by atoms with Gasteiger partial charge in [-0.2, -0.15) is 0 Å². The molecule has 2 heteroatoms. The second-order valence-electron chi connectivity index (χ2n) is 5.14. The van der Waals surface area contributed by atoms with Crippen molar-refractivity contribution in [1.82, 2.24) is 4.90 Å². The molecule has 0 aromatic rings. The maximum absolute atomic E-state index is 5.62. The van der Waals surface area contributed by atoms with Crippen molar-refractivity contribution in [2.75, 3.05) is 26.2 Å². The molecule has 0 aromatic carbocycles. The zero-order valence-corrected chi connectivity index (χ0v) is 9.25. The van der Waals surface area contributed by atoms with E-state index < -0.39 is 0 Å². The number of nitrogens with two attached hydrogens (primary N) is 1. The molecule has 1 saturated carbocycles. The van der Waals surface area contributed by atoms with Crippen LogP contribution in [0, 0.1) is 11.8 Å². The van der Waals surface area contributed by atoms with Gasteiger partial charge in [0.25, 0.3) is 0 Å². The largest absolute Gasteiger partial charge is 0.330 e. The van der Waals surface area contributed by atoms with E-state index >= 15 is 0 Å². The normalized spacial score (nSPS) is 30.2. The average Bonchev–Trinajstić information content (AvgIpc) is 2.13. The van der Waals surface area contributed by atoms with Crippen molar-refractivity contribution < 1.29 is 0 Å². The molecule has 0 amide bonds. The van der Waals surface area contributed by atoms with E-state index in [1.165, 1.54) is 58.2 Å². The van der Waals surface area contributed by atoms with Gasteiger partial charge >= 0.3 is 0 Å². The van der Waals surface area contributed by atoms with Crippen LogP contribution in [0.3, 0.4) is 0 Å². The Morgan fingerprint density at radius 2 is 1.86 bits per heavy atom. The Kier molecular flexibility index (Phi) is 3.82. The molecule has 1 saturated heterocycles. The molecule has 1 aliphatic heterocycles. The summed E-state index contributed by atoms with van der Waals surface area (Å²) < 4.78 is 0. The minimum Gasteiger partial charge on any atom is -0.330 e. The van der Waals surface area contributed by atoms with Crippen molar-refractivity contribution in [1.29, 1.82) is 0 Å². The fourth-order valence-electron chi connectivity index (χ4n) is 2.83. The Morgan fingerprint density at radius 1 is 1.07 bits per heavy atom. The van der Waals surface area contributed by atoms with E-state index in [2.05, 4.69) is 4.90 Å². The summed E-state index contributed by atoms with van der Waals surface area (Å²) in [6.07, 6.45) is 8.50. The van der Waals surface area contributed by atoms with E-state index in [0.717, 1.165) is 18.4 Å². The predicted octanol–water partition coefficient (Wildman–Crippen LogP) is 1.85. The van der Waals surface area contributed by atoms with Crippen LogP contribution in [-0.2, 0) is 0 Å². The zero-order valence-electron chi connectivity index (χ0n) is 9.25. The lowest BCUT2D eigenvalue weighted by Crippen LogP contribution is -2.40. The SMILES string of the molecule is NCCC1CCCN(CC2CCC2)C1. The Hall–Kier alpha value is -0.0800. The monoisotopic (exact) mass is 196 g/mol. The fourth-order valence-corrected chi connectivity index (χ4v) is 2.83. The lowest BCUT2D eigenvalue weighted by molar-refractivity contribution is 0.121. The van der Waals surface area contributed by atoms with Gasteiger partial charge in [-0.05, 0) is 57.0 Å². The summed E-state index contributed by atoms with van der Waals surface area (Å²) in [6.45, 7) is 4.92. The molecule has 2 aliphatic rings. The van der Waals surface area contributed by atoms with Gasteiger partial charge in [0.15, 0.2) is 0 Å².